The van der Waals surface area contributed by atoms with Crippen LogP contribution in [0, 0.1) is 19.7 Å². The van der Waals surface area contributed by atoms with Crippen LogP contribution in [0.3, 0.4) is 0 Å². The quantitative estimate of drug-likeness (QED) is 0.197. The van der Waals surface area contributed by atoms with Crippen molar-refractivity contribution in [1.29, 1.82) is 0 Å². The predicted molar refractivity (Wildman–Crippen MR) is 122 cm³/mol. The van der Waals surface area contributed by atoms with E-state index in [0.29, 0.717) is 28.1 Å². The second-order valence-electron chi connectivity index (χ2n) is 7.43. The summed E-state index contributed by atoms with van der Waals surface area (Å²) in [5, 5.41) is 30.5. The Balaban J connectivity index is 1.68. The Hall–Kier alpha value is -4.73. The minimum absolute atomic E-state index is 0.0311. The molecule has 10 heteroatoms. The second-order valence-corrected chi connectivity index (χ2v) is 7.43. The second kappa shape index (κ2) is 9.02. The van der Waals surface area contributed by atoms with E-state index in [9.17, 15) is 19.1 Å². The van der Waals surface area contributed by atoms with Crippen LogP contribution in [0.2, 0.25) is 0 Å². The number of carboxylic acid groups (broad SMARTS) is 1. The van der Waals surface area contributed by atoms with E-state index >= 15 is 0 Å². The number of H-pyrrole nitrogens is 1. The average molecular weight is 462 g/mol. The van der Waals surface area contributed by atoms with Crippen molar-refractivity contribution in [1.82, 2.24) is 9.78 Å². The topological polar surface area (TPSA) is 129 Å². The maximum absolute atomic E-state index is 13.6. The van der Waals surface area contributed by atoms with Gasteiger partial charge in [0.25, 0.3) is 5.56 Å². The summed E-state index contributed by atoms with van der Waals surface area (Å²) >= 11 is 0. The van der Waals surface area contributed by atoms with Crippen LogP contribution in [-0.4, -0.2) is 26.1 Å². The number of nitrogens with zero attached hydrogens (tertiary/aromatic N) is 3. The lowest BCUT2D eigenvalue weighted by Gasteiger charge is -2.08. The van der Waals surface area contributed by atoms with Crippen LogP contribution in [0.1, 0.15) is 11.3 Å². The minimum atomic E-state index is -1.45. The van der Waals surface area contributed by atoms with E-state index in [2.05, 4.69) is 20.1 Å². The minimum Gasteiger partial charge on any atom is -0.505 e. The van der Waals surface area contributed by atoms with Gasteiger partial charge in [0.2, 0.25) is 0 Å². The van der Waals surface area contributed by atoms with Crippen molar-refractivity contribution in [3.05, 3.63) is 88.1 Å². The highest BCUT2D eigenvalue weighted by atomic mass is 19.1. The van der Waals surface area contributed by atoms with E-state index in [0.717, 1.165) is 0 Å². The summed E-state index contributed by atoms with van der Waals surface area (Å²) in [5.41, 5.74) is 1.79. The Labute approximate surface area is 192 Å². The number of aryl methyl sites for hydroxylation is 2. The van der Waals surface area contributed by atoms with E-state index in [1.807, 2.05) is 0 Å². The van der Waals surface area contributed by atoms with Gasteiger partial charge in [-0.2, -0.15) is 0 Å². The SMILES string of the molecule is Cc1cc(-n2[nH]c(C)c(N=Nc3cccc(-c4cccc(OC(=O)O)c4)c3O)c2=O)ccc1F. The largest absolute Gasteiger partial charge is 0.511 e. The number of rotatable bonds is 5. The van der Waals surface area contributed by atoms with Gasteiger partial charge in [0.05, 0.1) is 11.4 Å². The smallest absolute Gasteiger partial charge is 0.505 e. The lowest BCUT2D eigenvalue weighted by Crippen LogP contribution is -2.14. The summed E-state index contributed by atoms with van der Waals surface area (Å²) in [6.07, 6.45) is -1.45. The van der Waals surface area contributed by atoms with E-state index in [1.54, 1.807) is 38.1 Å². The summed E-state index contributed by atoms with van der Waals surface area (Å²) in [4.78, 5) is 23.7. The summed E-state index contributed by atoms with van der Waals surface area (Å²) in [5.74, 6) is -0.493. The molecule has 0 radical (unpaired) electrons. The van der Waals surface area contributed by atoms with Crippen molar-refractivity contribution < 1.29 is 24.1 Å². The first kappa shape index (κ1) is 22.5. The van der Waals surface area contributed by atoms with Crippen molar-refractivity contribution in [2.75, 3.05) is 0 Å². The van der Waals surface area contributed by atoms with Gasteiger partial charge < -0.3 is 14.9 Å². The Morgan fingerprint density at radius 2 is 1.82 bits per heavy atom. The molecule has 34 heavy (non-hydrogen) atoms. The summed E-state index contributed by atoms with van der Waals surface area (Å²) in [6.45, 7) is 3.24. The van der Waals surface area contributed by atoms with Crippen LogP contribution in [0.4, 0.5) is 20.6 Å². The van der Waals surface area contributed by atoms with Crippen LogP contribution >= 0.6 is 0 Å². The Bertz CT molecular complexity index is 1490. The number of para-hydroxylation sites is 1. The highest BCUT2D eigenvalue weighted by molar-refractivity contribution is 5.77. The van der Waals surface area contributed by atoms with E-state index < -0.39 is 11.7 Å². The van der Waals surface area contributed by atoms with Gasteiger partial charge >= 0.3 is 6.16 Å². The van der Waals surface area contributed by atoms with Gasteiger partial charge in [0, 0.05) is 5.56 Å². The molecule has 0 fully saturated rings. The van der Waals surface area contributed by atoms with Crippen molar-refractivity contribution in [3.63, 3.8) is 0 Å². The molecule has 0 saturated heterocycles. The number of phenols is 1. The number of ether oxygens (including phenoxy) is 1. The zero-order valence-electron chi connectivity index (χ0n) is 18.1. The number of halogens is 1. The fraction of sp³-hybridized carbons (Fsp3) is 0.0833. The molecule has 3 N–H and O–H groups in total. The fourth-order valence-corrected chi connectivity index (χ4v) is 3.38. The van der Waals surface area contributed by atoms with Crippen LogP contribution in [0.25, 0.3) is 16.8 Å². The molecule has 0 unspecified atom stereocenters. The van der Waals surface area contributed by atoms with E-state index in [-0.39, 0.29) is 28.7 Å². The zero-order chi connectivity index (χ0) is 24.4. The third-order valence-electron chi connectivity index (χ3n) is 5.06. The van der Waals surface area contributed by atoms with Gasteiger partial charge in [-0.1, -0.05) is 24.3 Å². The molecule has 0 aliphatic rings. The van der Waals surface area contributed by atoms with E-state index in [1.165, 1.54) is 41.1 Å². The van der Waals surface area contributed by atoms with Crippen molar-refractivity contribution >= 4 is 17.5 Å². The number of aromatic amines is 1. The van der Waals surface area contributed by atoms with Gasteiger partial charge in [-0.15, -0.1) is 10.2 Å². The fourth-order valence-electron chi connectivity index (χ4n) is 3.38. The number of azo groups is 1. The van der Waals surface area contributed by atoms with Crippen molar-refractivity contribution in [3.8, 4) is 28.3 Å². The molecule has 0 bridgehead atoms. The third-order valence-corrected chi connectivity index (χ3v) is 5.06. The Morgan fingerprint density at radius 1 is 1.06 bits per heavy atom. The van der Waals surface area contributed by atoms with Crippen LogP contribution in [0.5, 0.6) is 11.5 Å². The predicted octanol–water partition coefficient (Wildman–Crippen LogP) is 5.77. The van der Waals surface area contributed by atoms with Crippen molar-refractivity contribution in [2.45, 2.75) is 13.8 Å². The Kier molecular flexibility index (Phi) is 5.96. The lowest BCUT2D eigenvalue weighted by molar-refractivity contribution is 0.144. The Morgan fingerprint density at radius 3 is 2.56 bits per heavy atom. The molecule has 4 rings (SSSR count). The number of carbonyl (C=O) groups is 1. The number of nitrogens with one attached hydrogen (secondary N) is 1. The summed E-state index contributed by atoms with van der Waals surface area (Å²) in [6, 6.07) is 15.2. The zero-order valence-corrected chi connectivity index (χ0v) is 18.1. The first-order valence-corrected chi connectivity index (χ1v) is 10.1. The first-order valence-electron chi connectivity index (χ1n) is 10.1. The van der Waals surface area contributed by atoms with Crippen molar-refractivity contribution in [2.24, 2.45) is 10.2 Å². The molecule has 0 atom stereocenters. The lowest BCUT2D eigenvalue weighted by atomic mass is 10.0. The molecule has 172 valence electrons. The van der Waals surface area contributed by atoms with E-state index in [4.69, 9.17) is 5.11 Å². The standard InChI is InChI=1S/C24H19FN4O5/c1-13-11-16(9-10-19(13)25)29-23(31)21(14(2)28-29)27-26-20-8-4-7-18(22(20)30)15-5-3-6-17(12-15)34-24(32)33/h3-12,28,30H,1-2H3,(H,32,33). The van der Waals surface area contributed by atoms with Gasteiger partial charge in [-0.25, -0.2) is 13.9 Å². The number of hydrogen-bond donors (Lipinski definition) is 3. The molecule has 0 spiro atoms. The molecular weight excluding hydrogens is 443 g/mol. The van der Waals surface area contributed by atoms with Gasteiger partial charge in [0.1, 0.15) is 17.3 Å². The van der Waals surface area contributed by atoms with Crippen LogP contribution in [0.15, 0.2) is 75.7 Å². The maximum atomic E-state index is 13.6. The van der Waals surface area contributed by atoms with Crippen LogP contribution in [-0.2, 0) is 0 Å². The van der Waals surface area contributed by atoms with Gasteiger partial charge in [0.15, 0.2) is 11.4 Å². The number of aromatic nitrogens is 2. The highest BCUT2D eigenvalue weighted by Crippen LogP contribution is 2.38. The monoisotopic (exact) mass is 462 g/mol. The van der Waals surface area contributed by atoms with Gasteiger partial charge in [-0.3, -0.25) is 9.89 Å². The molecule has 0 amide bonds. The first-order chi connectivity index (χ1) is 16.2. The molecule has 9 nitrogen and oxygen atoms in total. The number of phenolic OH excluding ortho intramolecular Hbond substituents is 1. The molecular formula is C24H19FN4O5. The number of hydrogen-bond acceptors (Lipinski definition) is 6. The maximum Gasteiger partial charge on any atom is 0.511 e. The highest BCUT2D eigenvalue weighted by Gasteiger charge is 2.15. The number of aromatic hydroxyl groups is 1. The summed E-state index contributed by atoms with van der Waals surface area (Å²) in [7, 11) is 0. The summed E-state index contributed by atoms with van der Waals surface area (Å²) < 4.78 is 19.5. The molecule has 0 aliphatic heterocycles. The van der Waals surface area contributed by atoms with Gasteiger partial charge in [-0.05, 0) is 61.4 Å². The third kappa shape index (κ3) is 4.42. The molecule has 3 aromatic carbocycles. The molecule has 0 aliphatic carbocycles. The molecule has 0 saturated carbocycles. The average Bonchev–Trinajstić information content (AvgIpc) is 3.08. The normalized spacial score (nSPS) is 11.1. The molecule has 1 aromatic heterocycles. The number of benzene rings is 3. The molecule has 1 heterocycles. The molecule has 4 aromatic rings. The van der Waals surface area contributed by atoms with Crippen LogP contribution < -0.4 is 10.3 Å².